The molecule has 0 bridgehead atoms. The van der Waals surface area contributed by atoms with Crippen LogP contribution in [0.4, 0.5) is 5.69 Å². The van der Waals surface area contributed by atoms with Gasteiger partial charge in [-0.2, -0.15) is 0 Å². The number of hydrogen-bond acceptors (Lipinski definition) is 3. The number of nitrogens with one attached hydrogen (secondary N) is 1. The molecule has 0 aromatic heterocycles. The van der Waals surface area contributed by atoms with Crippen LogP contribution >= 0.6 is 0 Å². The minimum atomic E-state index is -0.240. The van der Waals surface area contributed by atoms with E-state index in [2.05, 4.69) is 11.9 Å². The van der Waals surface area contributed by atoms with Crippen LogP contribution in [-0.4, -0.2) is 19.1 Å². The fourth-order valence-electron chi connectivity index (χ4n) is 1.88. The average Bonchev–Trinajstić information content (AvgIpc) is 2.52. The molecule has 1 N–H and O–H groups in total. The summed E-state index contributed by atoms with van der Waals surface area (Å²) in [7, 11) is 0. The van der Waals surface area contributed by atoms with E-state index >= 15 is 0 Å². The average molecular weight is 297 g/mol. The molecule has 4 nitrogen and oxygen atoms in total. The van der Waals surface area contributed by atoms with E-state index in [0.29, 0.717) is 23.8 Å². The van der Waals surface area contributed by atoms with Crippen LogP contribution in [0.25, 0.3) is 0 Å². The maximum atomic E-state index is 12.0. The molecule has 0 aliphatic rings. The van der Waals surface area contributed by atoms with E-state index in [0.717, 1.165) is 5.56 Å². The molecule has 0 heterocycles. The molecule has 114 valence electrons. The van der Waals surface area contributed by atoms with Crippen LogP contribution in [0.1, 0.15) is 5.56 Å². The van der Waals surface area contributed by atoms with Crippen LogP contribution in [0.15, 0.2) is 61.2 Å². The molecule has 0 saturated carbocycles. The molecule has 0 spiro atoms. The van der Waals surface area contributed by atoms with Crippen LogP contribution in [0.5, 0.6) is 11.5 Å². The highest BCUT2D eigenvalue weighted by atomic mass is 16.5. The number of ether oxygens (including phenoxy) is 2. The molecule has 22 heavy (non-hydrogen) atoms. The van der Waals surface area contributed by atoms with Gasteiger partial charge in [-0.15, -0.1) is 0 Å². The third-order valence-corrected chi connectivity index (χ3v) is 2.88. The van der Waals surface area contributed by atoms with Crippen molar-refractivity contribution in [2.24, 2.45) is 0 Å². The summed E-state index contributed by atoms with van der Waals surface area (Å²) in [6.45, 7) is 5.90. The molecule has 2 rings (SSSR count). The normalized spacial score (nSPS) is 9.86. The van der Waals surface area contributed by atoms with Crippen molar-refractivity contribution in [1.82, 2.24) is 0 Å². The molecule has 0 unspecified atom stereocenters. The van der Waals surface area contributed by atoms with Crippen molar-refractivity contribution in [3.05, 3.63) is 66.7 Å². The minimum Gasteiger partial charge on any atom is -0.487 e. The van der Waals surface area contributed by atoms with Crippen molar-refractivity contribution < 1.29 is 14.3 Å². The zero-order chi connectivity index (χ0) is 15.8. The van der Waals surface area contributed by atoms with Crippen molar-refractivity contribution in [2.75, 3.05) is 18.5 Å². The van der Waals surface area contributed by atoms with Gasteiger partial charge in [-0.25, -0.2) is 0 Å². The molecule has 2 aromatic rings. The number of anilines is 1. The van der Waals surface area contributed by atoms with Gasteiger partial charge in [0.2, 0.25) is 0 Å². The van der Waals surface area contributed by atoms with Crippen LogP contribution in [0, 0.1) is 6.92 Å². The lowest BCUT2D eigenvalue weighted by Crippen LogP contribution is -2.20. The molecule has 2 aromatic carbocycles. The van der Waals surface area contributed by atoms with E-state index in [1.54, 1.807) is 18.2 Å². The van der Waals surface area contributed by atoms with Crippen LogP contribution in [0.3, 0.4) is 0 Å². The topological polar surface area (TPSA) is 47.6 Å². The molecule has 0 fully saturated rings. The Balaban J connectivity index is 1.93. The van der Waals surface area contributed by atoms with Crippen molar-refractivity contribution in [1.29, 1.82) is 0 Å². The highest BCUT2D eigenvalue weighted by Crippen LogP contribution is 2.23. The number of amides is 1. The highest BCUT2D eigenvalue weighted by molar-refractivity contribution is 5.93. The molecule has 0 atom stereocenters. The number of hydrogen-bond donors (Lipinski definition) is 1. The lowest BCUT2D eigenvalue weighted by molar-refractivity contribution is -0.118. The van der Waals surface area contributed by atoms with Crippen LogP contribution in [-0.2, 0) is 4.79 Å². The summed E-state index contributed by atoms with van der Waals surface area (Å²) >= 11 is 0. The van der Waals surface area contributed by atoms with Gasteiger partial charge in [0.25, 0.3) is 5.91 Å². The summed E-state index contributed by atoms with van der Waals surface area (Å²) in [6, 6.07) is 14.8. The first kappa shape index (κ1) is 15.6. The van der Waals surface area contributed by atoms with Gasteiger partial charge < -0.3 is 14.8 Å². The first-order valence-electron chi connectivity index (χ1n) is 7.01. The van der Waals surface area contributed by atoms with E-state index in [1.807, 2.05) is 43.3 Å². The molecule has 4 heteroatoms. The zero-order valence-electron chi connectivity index (χ0n) is 12.5. The molecule has 0 saturated heterocycles. The second-order valence-electron chi connectivity index (χ2n) is 4.75. The van der Waals surface area contributed by atoms with E-state index in [1.165, 1.54) is 0 Å². The lowest BCUT2D eigenvalue weighted by Gasteiger charge is -2.12. The Morgan fingerprint density at radius 1 is 1.18 bits per heavy atom. The van der Waals surface area contributed by atoms with Gasteiger partial charge in [0.1, 0.15) is 18.1 Å². The fourth-order valence-corrected chi connectivity index (χ4v) is 1.88. The van der Waals surface area contributed by atoms with Gasteiger partial charge in [-0.3, -0.25) is 4.79 Å². The predicted octanol–water partition coefficient (Wildman–Crippen LogP) is 3.58. The maximum absolute atomic E-state index is 12.0. The summed E-state index contributed by atoms with van der Waals surface area (Å²) in [5.41, 5.74) is 1.70. The summed E-state index contributed by atoms with van der Waals surface area (Å²) in [6.07, 6.45) is 1.65. The SMILES string of the molecule is C=CCOc1ccccc1NC(=O)COc1cccc(C)c1. The Morgan fingerprint density at radius 3 is 2.77 bits per heavy atom. The molecular weight excluding hydrogens is 278 g/mol. The van der Waals surface area contributed by atoms with Gasteiger partial charge in [-0.05, 0) is 36.8 Å². The first-order chi connectivity index (χ1) is 10.7. The number of carbonyl (C=O) groups is 1. The number of rotatable bonds is 7. The fraction of sp³-hybridized carbons (Fsp3) is 0.167. The van der Waals surface area contributed by atoms with Gasteiger partial charge in [0.15, 0.2) is 6.61 Å². The Bertz CT molecular complexity index is 652. The lowest BCUT2D eigenvalue weighted by atomic mass is 10.2. The molecule has 0 radical (unpaired) electrons. The van der Waals surface area contributed by atoms with Gasteiger partial charge >= 0.3 is 0 Å². The summed E-state index contributed by atoms with van der Waals surface area (Å²) in [4.78, 5) is 12.0. The molecule has 0 aliphatic heterocycles. The Morgan fingerprint density at radius 2 is 2.00 bits per heavy atom. The molecule has 0 aliphatic carbocycles. The summed E-state index contributed by atoms with van der Waals surface area (Å²) in [5.74, 6) is 1.04. The first-order valence-corrected chi connectivity index (χ1v) is 7.01. The Kier molecular flexibility index (Phi) is 5.60. The van der Waals surface area contributed by atoms with Crippen molar-refractivity contribution >= 4 is 11.6 Å². The second kappa shape index (κ2) is 7.88. The van der Waals surface area contributed by atoms with E-state index in [4.69, 9.17) is 9.47 Å². The number of aryl methyl sites for hydroxylation is 1. The molecule has 1 amide bonds. The number of para-hydroxylation sites is 2. The van der Waals surface area contributed by atoms with Crippen molar-refractivity contribution in [3.63, 3.8) is 0 Å². The number of carbonyl (C=O) groups excluding carboxylic acids is 1. The van der Waals surface area contributed by atoms with E-state index in [9.17, 15) is 4.79 Å². The standard InChI is InChI=1S/C18H19NO3/c1-3-11-21-17-10-5-4-9-16(17)19-18(20)13-22-15-8-6-7-14(2)12-15/h3-10,12H,1,11,13H2,2H3,(H,19,20). The van der Waals surface area contributed by atoms with Gasteiger partial charge in [0, 0.05) is 0 Å². The second-order valence-corrected chi connectivity index (χ2v) is 4.75. The smallest absolute Gasteiger partial charge is 0.262 e. The maximum Gasteiger partial charge on any atom is 0.262 e. The summed E-state index contributed by atoms with van der Waals surface area (Å²) in [5, 5.41) is 2.78. The Hall–Kier alpha value is -2.75. The van der Waals surface area contributed by atoms with Crippen molar-refractivity contribution in [3.8, 4) is 11.5 Å². The van der Waals surface area contributed by atoms with Crippen LogP contribution in [0.2, 0.25) is 0 Å². The van der Waals surface area contributed by atoms with E-state index in [-0.39, 0.29) is 12.5 Å². The van der Waals surface area contributed by atoms with Crippen molar-refractivity contribution in [2.45, 2.75) is 6.92 Å². The third-order valence-electron chi connectivity index (χ3n) is 2.88. The zero-order valence-corrected chi connectivity index (χ0v) is 12.5. The number of benzene rings is 2. The highest BCUT2D eigenvalue weighted by Gasteiger charge is 2.08. The summed E-state index contributed by atoms with van der Waals surface area (Å²) < 4.78 is 11.0. The van der Waals surface area contributed by atoms with Gasteiger partial charge in [-0.1, -0.05) is 36.9 Å². The quantitative estimate of drug-likeness (QED) is 0.795. The minimum absolute atomic E-state index is 0.0563. The van der Waals surface area contributed by atoms with Gasteiger partial charge in [0.05, 0.1) is 5.69 Å². The largest absolute Gasteiger partial charge is 0.487 e. The van der Waals surface area contributed by atoms with Crippen LogP contribution < -0.4 is 14.8 Å². The Labute approximate surface area is 130 Å². The van der Waals surface area contributed by atoms with E-state index < -0.39 is 0 Å². The molecular formula is C18H19NO3. The monoisotopic (exact) mass is 297 g/mol. The third kappa shape index (κ3) is 4.66. The predicted molar refractivity (Wildman–Crippen MR) is 87.4 cm³/mol.